The van der Waals surface area contributed by atoms with Crippen LogP contribution in [0.3, 0.4) is 0 Å². The number of nitrogens with zero attached hydrogens (tertiary/aromatic N) is 4. The van der Waals surface area contributed by atoms with Crippen LogP contribution in [0.2, 0.25) is 0 Å². The number of ketones is 1. The number of fused-ring (bicyclic) bond motifs is 1. The van der Waals surface area contributed by atoms with Crippen LogP contribution in [0.4, 0.5) is 0 Å². The summed E-state index contributed by atoms with van der Waals surface area (Å²) in [6.45, 7) is 0. The Balaban J connectivity index is 1.78. The molecule has 2 aromatic carbocycles. The Morgan fingerprint density at radius 1 is 1.12 bits per heavy atom. The molecule has 4 rings (SSSR count). The summed E-state index contributed by atoms with van der Waals surface area (Å²) in [7, 11) is 0. The molecule has 0 aliphatic carbocycles. The van der Waals surface area contributed by atoms with Crippen LogP contribution in [0.5, 0.6) is 0 Å². The second kappa shape index (κ2) is 6.06. The molecule has 0 amide bonds. The van der Waals surface area contributed by atoms with Crippen molar-refractivity contribution in [2.45, 2.75) is 5.92 Å². The molecule has 4 aromatic rings. The van der Waals surface area contributed by atoms with Gasteiger partial charge in [-0.25, -0.2) is 9.67 Å². The SMILES string of the molecule is N#C[C@@H](C(=O)c1ccccc1-n1cccn1)c1nc2ccccc2o1. The molecule has 0 aliphatic rings. The molecule has 0 bridgehead atoms. The molecule has 0 fully saturated rings. The van der Waals surface area contributed by atoms with E-state index < -0.39 is 5.92 Å². The Kier molecular flexibility index (Phi) is 3.60. The maximum Gasteiger partial charge on any atom is 0.220 e. The third-order valence-corrected chi connectivity index (χ3v) is 3.87. The summed E-state index contributed by atoms with van der Waals surface area (Å²) >= 11 is 0. The third-order valence-electron chi connectivity index (χ3n) is 3.87. The number of carbonyl (C=O) groups excluding carboxylic acids is 1. The van der Waals surface area contributed by atoms with E-state index in [0.29, 0.717) is 22.4 Å². The fourth-order valence-corrected chi connectivity index (χ4v) is 2.69. The van der Waals surface area contributed by atoms with Gasteiger partial charge in [-0.1, -0.05) is 24.3 Å². The summed E-state index contributed by atoms with van der Waals surface area (Å²) < 4.78 is 7.21. The number of nitriles is 1. The molecule has 6 heteroatoms. The smallest absolute Gasteiger partial charge is 0.220 e. The minimum Gasteiger partial charge on any atom is -0.439 e. The first-order valence-corrected chi connectivity index (χ1v) is 7.66. The molecule has 0 unspecified atom stereocenters. The van der Waals surface area contributed by atoms with Crippen LogP contribution in [0, 0.1) is 11.3 Å². The standard InChI is InChI=1S/C19H12N4O2/c20-12-14(19-22-15-7-2-4-9-17(15)25-19)18(24)13-6-1-3-8-16(13)23-11-5-10-21-23/h1-11,14H/t14-/m0/s1. The van der Waals surface area contributed by atoms with E-state index in [0.717, 1.165) is 0 Å². The quantitative estimate of drug-likeness (QED) is 0.535. The van der Waals surface area contributed by atoms with Gasteiger partial charge in [0.1, 0.15) is 5.52 Å². The van der Waals surface area contributed by atoms with Crippen molar-refractivity contribution in [3.63, 3.8) is 0 Å². The van der Waals surface area contributed by atoms with Crippen LogP contribution in [0.15, 0.2) is 71.4 Å². The van der Waals surface area contributed by atoms with Crippen molar-refractivity contribution in [1.29, 1.82) is 5.26 Å². The monoisotopic (exact) mass is 328 g/mol. The normalized spacial score (nSPS) is 12.0. The molecule has 0 radical (unpaired) electrons. The molecule has 25 heavy (non-hydrogen) atoms. The van der Waals surface area contributed by atoms with Crippen LogP contribution >= 0.6 is 0 Å². The second-order valence-corrected chi connectivity index (χ2v) is 5.41. The first-order valence-electron chi connectivity index (χ1n) is 7.66. The molecule has 0 saturated carbocycles. The number of hydrogen-bond donors (Lipinski definition) is 0. The molecular weight excluding hydrogens is 316 g/mol. The molecule has 0 N–H and O–H groups in total. The number of benzene rings is 2. The highest BCUT2D eigenvalue weighted by molar-refractivity contribution is 6.05. The highest BCUT2D eigenvalue weighted by Gasteiger charge is 2.29. The van der Waals surface area contributed by atoms with Gasteiger partial charge in [0, 0.05) is 18.0 Å². The molecule has 0 spiro atoms. The van der Waals surface area contributed by atoms with Gasteiger partial charge in [0.15, 0.2) is 17.3 Å². The lowest BCUT2D eigenvalue weighted by atomic mass is 9.97. The van der Waals surface area contributed by atoms with E-state index in [4.69, 9.17) is 4.42 Å². The van der Waals surface area contributed by atoms with Crippen molar-refractivity contribution in [2.24, 2.45) is 0 Å². The van der Waals surface area contributed by atoms with Crippen molar-refractivity contribution < 1.29 is 9.21 Å². The number of hydrogen-bond acceptors (Lipinski definition) is 5. The molecule has 2 heterocycles. The van der Waals surface area contributed by atoms with Crippen molar-refractivity contribution in [3.8, 4) is 11.8 Å². The lowest BCUT2D eigenvalue weighted by molar-refractivity contribution is 0.0970. The number of para-hydroxylation sites is 3. The summed E-state index contributed by atoms with van der Waals surface area (Å²) in [4.78, 5) is 17.3. The van der Waals surface area contributed by atoms with Crippen LogP contribution in [-0.2, 0) is 0 Å². The minimum atomic E-state index is -1.12. The van der Waals surface area contributed by atoms with Crippen molar-refractivity contribution >= 4 is 16.9 Å². The number of Topliss-reactive ketones (excluding diaryl/α,β-unsaturated/α-hetero) is 1. The van der Waals surface area contributed by atoms with E-state index in [1.54, 1.807) is 53.5 Å². The zero-order valence-electron chi connectivity index (χ0n) is 13.0. The average Bonchev–Trinajstić information content (AvgIpc) is 3.32. The van der Waals surface area contributed by atoms with E-state index in [2.05, 4.69) is 10.1 Å². The van der Waals surface area contributed by atoms with Crippen molar-refractivity contribution in [3.05, 3.63) is 78.4 Å². The Morgan fingerprint density at radius 2 is 1.92 bits per heavy atom. The lowest BCUT2D eigenvalue weighted by Gasteiger charge is -2.10. The minimum absolute atomic E-state index is 0.101. The lowest BCUT2D eigenvalue weighted by Crippen LogP contribution is -2.14. The number of aromatic nitrogens is 3. The first kappa shape index (κ1) is 14.8. The first-order chi connectivity index (χ1) is 12.3. The Bertz CT molecular complexity index is 1060. The van der Waals surface area contributed by atoms with E-state index in [1.165, 1.54) is 0 Å². The molecule has 6 nitrogen and oxygen atoms in total. The average molecular weight is 328 g/mol. The van der Waals surface area contributed by atoms with Gasteiger partial charge in [0.25, 0.3) is 0 Å². The van der Waals surface area contributed by atoms with Crippen molar-refractivity contribution in [1.82, 2.24) is 14.8 Å². The number of oxazole rings is 1. The Hall–Kier alpha value is -3.72. The van der Waals surface area contributed by atoms with Gasteiger partial charge >= 0.3 is 0 Å². The number of carbonyl (C=O) groups is 1. The van der Waals surface area contributed by atoms with Gasteiger partial charge in [0.05, 0.1) is 11.8 Å². The summed E-state index contributed by atoms with van der Waals surface area (Å²) in [6.07, 6.45) is 3.37. The van der Waals surface area contributed by atoms with E-state index in [9.17, 15) is 10.1 Å². The fraction of sp³-hybridized carbons (Fsp3) is 0.0526. The zero-order chi connectivity index (χ0) is 17.2. The van der Waals surface area contributed by atoms with Crippen LogP contribution in [0.1, 0.15) is 22.2 Å². The molecule has 1 atom stereocenters. The molecule has 120 valence electrons. The summed E-state index contributed by atoms with van der Waals surface area (Å²) in [6, 6.07) is 18.0. The maximum absolute atomic E-state index is 13.0. The van der Waals surface area contributed by atoms with Gasteiger partial charge in [-0.15, -0.1) is 0 Å². The summed E-state index contributed by atoms with van der Waals surface area (Å²) in [5, 5.41) is 13.7. The fourth-order valence-electron chi connectivity index (χ4n) is 2.69. The Labute approximate surface area is 142 Å². The van der Waals surface area contributed by atoms with Crippen LogP contribution < -0.4 is 0 Å². The zero-order valence-corrected chi connectivity index (χ0v) is 13.0. The largest absolute Gasteiger partial charge is 0.439 e. The summed E-state index contributed by atoms with van der Waals surface area (Å²) in [5.74, 6) is -1.40. The van der Waals surface area contributed by atoms with E-state index in [-0.39, 0.29) is 11.7 Å². The van der Waals surface area contributed by atoms with Crippen LogP contribution in [0.25, 0.3) is 16.8 Å². The molecule has 0 saturated heterocycles. The van der Waals surface area contributed by atoms with Gasteiger partial charge < -0.3 is 4.42 Å². The van der Waals surface area contributed by atoms with Gasteiger partial charge in [0.2, 0.25) is 5.89 Å². The molecular formula is C19H12N4O2. The highest BCUT2D eigenvalue weighted by atomic mass is 16.3. The predicted octanol–water partition coefficient (Wildman–Crippen LogP) is 3.50. The molecule has 2 aromatic heterocycles. The predicted molar refractivity (Wildman–Crippen MR) is 90.3 cm³/mol. The van der Waals surface area contributed by atoms with Gasteiger partial charge in [-0.05, 0) is 30.3 Å². The van der Waals surface area contributed by atoms with Crippen molar-refractivity contribution in [2.75, 3.05) is 0 Å². The van der Waals surface area contributed by atoms with E-state index in [1.807, 2.05) is 24.3 Å². The van der Waals surface area contributed by atoms with Gasteiger partial charge in [-0.2, -0.15) is 10.4 Å². The second-order valence-electron chi connectivity index (χ2n) is 5.41. The van der Waals surface area contributed by atoms with E-state index >= 15 is 0 Å². The number of rotatable bonds is 4. The van der Waals surface area contributed by atoms with Crippen LogP contribution in [-0.4, -0.2) is 20.5 Å². The molecule has 0 aliphatic heterocycles. The third kappa shape index (κ3) is 2.58. The maximum atomic E-state index is 13.0. The van der Waals surface area contributed by atoms with Gasteiger partial charge in [-0.3, -0.25) is 4.79 Å². The topological polar surface area (TPSA) is 84.7 Å². The Morgan fingerprint density at radius 3 is 2.68 bits per heavy atom. The highest BCUT2D eigenvalue weighted by Crippen LogP contribution is 2.26. The summed E-state index contributed by atoms with van der Waals surface area (Å²) in [5.41, 5.74) is 2.16.